The zero-order chi connectivity index (χ0) is 13.2. The van der Waals surface area contributed by atoms with Gasteiger partial charge in [-0.1, -0.05) is 6.07 Å². The lowest BCUT2D eigenvalue weighted by atomic mass is 9.97. The zero-order valence-corrected chi connectivity index (χ0v) is 10.6. The third kappa shape index (κ3) is 2.24. The minimum atomic E-state index is 0.0902. The highest BCUT2D eigenvalue weighted by molar-refractivity contribution is 5.94. The Kier molecular flexibility index (Phi) is 3.05. The van der Waals surface area contributed by atoms with Crippen LogP contribution in [0.1, 0.15) is 17.7 Å². The van der Waals surface area contributed by atoms with E-state index in [0.717, 1.165) is 35.3 Å². The molecule has 0 unspecified atom stereocenters. The Hall–Kier alpha value is -2.14. The van der Waals surface area contributed by atoms with Gasteiger partial charge in [-0.05, 0) is 36.2 Å². The van der Waals surface area contributed by atoms with E-state index in [0.29, 0.717) is 13.0 Å². The van der Waals surface area contributed by atoms with Crippen LogP contribution < -0.4 is 11.1 Å². The molecule has 5 nitrogen and oxygen atoms in total. The lowest BCUT2D eigenvalue weighted by Gasteiger charge is -2.17. The second-order valence-corrected chi connectivity index (χ2v) is 4.72. The average Bonchev–Trinajstić information content (AvgIpc) is 2.87. The van der Waals surface area contributed by atoms with Crippen molar-refractivity contribution in [1.29, 1.82) is 0 Å². The third-order valence-electron chi connectivity index (χ3n) is 3.42. The van der Waals surface area contributed by atoms with Crippen LogP contribution in [0.25, 0.3) is 11.1 Å². The summed E-state index contributed by atoms with van der Waals surface area (Å²) in [4.78, 5) is 11.3. The van der Waals surface area contributed by atoms with Crippen LogP contribution in [0.5, 0.6) is 0 Å². The number of aromatic amines is 1. The van der Waals surface area contributed by atoms with Crippen molar-refractivity contribution in [2.45, 2.75) is 19.3 Å². The molecule has 98 valence electrons. The van der Waals surface area contributed by atoms with E-state index in [-0.39, 0.29) is 5.91 Å². The molecule has 4 N–H and O–H groups in total. The number of anilines is 1. The molecule has 0 saturated heterocycles. The lowest BCUT2D eigenvalue weighted by molar-refractivity contribution is -0.116. The van der Waals surface area contributed by atoms with Crippen molar-refractivity contribution >= 4 is 11.6 Å². The second kappa shape index (κ2) is 4.85. The first-order valence-corrected chi connectivity index (χ1v) is 6.43. The Morgan fingerprint density at radius 3 is 3.05 bits per heavy atom. The van der Waals surface area contributed by atoms with Crippen molar-refractivity contribution in [3.05, 3.63) is 35.7 Å². The molecule has 19 heavy (non-hydrogen) atoms. The molecule has 0 spiro atoms. The number of aromatic nitrogens is 2. The topological polar surface area (TPSA) is 83.8 Å². The van der Waals surface area contributed by atoms with Gasteiger partial charge in [0.15, 0.2) is 0 Å². The maximum Gasteiger partial charge on any atom is 0.224 e. The monoisotopic (exact) mass is 256 g/mol. The largest absolute Gasteiger partial charge is 0.330 e. The Bertz CT molecular complexity index is 618. The summed E-state index contributed by atoms with van der Waals surface area (Å²) >= 11 is 0. The van der Waals surface area contributed by atoms with Crippen molar-refractivity contribution in [1.82, 2.24) is 10.2 Å². The first-order valence-electron chi connectivity index (χ1n) is 6.43. The van der Waals surface area contributed by atoms with Crippen LogP contribution in [0.2, 0.25) is 0 Å². The maximum atomic E-state index is 11.3. The number of rotatable bonds is 3. The van der Waals surface area contributed by atoms with Gasteiger partial charge in [-0.3, -0.25) is 9.89 Å². The Morgan fingerprint density at radius 1 is 1.32 bits per heavy atom. The van der Waals surface area contributed by atoms with Crippen LogP contribution in [0, 0.1) is 0 Å². The first-order chi connectivity index (χ1) is 9.28. The standard InChI is InChI=1S/C14H16N4O/c15-6-5-13-11(8-16-18-13)9-1-3-12-10(7-9)2-4-14(19)17-12/h1,3,7-8H,2,4-6,15H2,(H,16,18)(H,17,19). The van der Waals surface area contributed by atoms with E-state index < -0.39 is 0 Å². The zero-order valence-electron chi connectivity index (χ0n) is 10.6. The molecule has 1 aromatic heterocycles. The molecule has 3 rings (SSSR count). The fourth-order valence-corrected chi connectivity index (χ4v) is 2.45. The number of nitrogens with one attached hydrogen (secondary N) is 2. The van der Waals surface area contributed by atoms with Gasteiger partial charge < -0.3 is 11.1 Å². The molecule has 0 bridgehead atoms. The van der Waals surface area contributed by atoms with E-state index in [1.807, 2.05) is 18.3 Å². The quantitative estimate of drug-likeness (QED) is 0.777. The van der Waals surface area contributed by atoms with E-state index in [2.05, 4.69) is 21.6 Å². The average molecular weight is 256 g/mol. The van der Waals surface area contributed by atoms with Gasteiger partial charge in [0.1, 0.15) is 0 Å². The number of aryl methyl sites for hydroxylation is 1. The summed E-state index contributed by atoms with van der Waals surface area (Å²) in [5.41, 5.74) is 11.0. The third-order valence-corrected chi connectivity index (χ3v) is 3.42. The van der Waals surface area contributed by atoms with Crippen molar-refractivity contribution in [2.24, 2.45) is 5.73 Å². The summed E-state index contributed by atoms with van der Waals surface area (Å²) in [7, 11) is 0. The van der Waals surface area contributed by atoms with Gasteiger partial charge in [-0.25, -0.2) is 0 Å². The molecule has 1 aliphatic heterocycles. The van der Waals surface area contributed by atoms with Gasteiger partial charge in [-0.15, -0.1) is 0 Å². The Morgan fingerprint density at radius 2 is 2.21 bits per heavy atom. The van der Waals surface area contributed by atoms with Crippen molar-refractivity contribution in [3.63, 3.8) is 0 Å². The number of carbonyl (C=O) groups is 1. The van der Waals surface area contributed by atoms with Crippen molar-refractivity contribution in [3.8, 4) is 11.1 Å². The number of fused-ring (bicyclic) bond motifs is 1. The van der Waals surface area contributed by atoms with Gasteiger partial charge in [0.2, 0.25) is 5.91 Å². The number of benzene rings is 1. The summed E-state index contributed by atoms with van der Waals surface area (Å²) in [6, 6.07) is 6.09. The second-order valence-electron chi connectivity index (χ2n) is 4.72. The van der Waals surface area contributed by atoms with Crippen LogP contribution in [-0.2, 0) is 17.6 Å². The SMILES string of the molecule is NCCc1[nH]ncc1-c1ccc2c(c1)CCC(=O)N2. The molecule has 0 radical (unpaired) electrons. The van der Waals surface area contributed by atoms with Crippen molar-refractivity contribution in [2.75, 3.05) is 11.9 Å². The fraction of sp³-hybridized carbons (Fsp3) is 0.286. The maximum absolute atomic E-state index is 11.3. The number of nitrogens with zero attached hydrogens (tertiary/aromatic N) is 1. The first kappa shape index (κ1) is 11.9. The van der Waals surface area contributed by atoms with Crippen LogP contribution in [0.4, 0.5) is 5.69 Å². The highest BCUT2D eigenvalue weighted by Crippen LogP contribution is 2.29. The fourth-order valence-electron chi connectivity index (χ4n) is 2.45. The number of carbonyl (C=O) groups excluding carboxylic acids is 1. The molecule has 1 aliphatic rings. The van der Waals surface area contributed by atoms with E-state index in [4.69, 9.17) is 5.73 Å². The molecule has 1 amide bonds. The molecule has 2 heterocycles. The van der Waals surface area contributed by atoms with Crippen LogP contribution in [0.15, 0.2) is 24.4 Å². The predicted molar refractivity (Wildman–Crippen MR) is 73.7 cm³/mol. The van der Waals surface area contributed by atoms with Gasteiger partial charge >= 0.3 is 0 Å². The van der Waals surface area contributed by atoms with Crippen LogP contribution in [0.3, 0.4) is 0 Å². The van der Waals surface area contributed by atoms with E-state index in [1.54, 1.807) is 0 Å². The summed E-state index contributed by atoms with van der Waals surface area (Å²) in [5, 5.41) is 9.97. The molecule has 0 fully saturated rings. The summed E-state index contributed by atoms with van der Waals surface area (Å²) in [5.74, 6) is 0.0902. The summed E-state index contributed by atoms with van der Waals surface area (Å²) < 4.78 is 0. The highest BCUT2D eigenvalue weighted by atomic mass is 16.1. The molecule has 0 atom stereocenters. The number of hydrogen-bond donors (Lipinski definition) is 3. The number of amides is 1. The molecular formula is C14H16N4O. The number of hydrogen-bond acceptors (Lipinski definition) is 3. The van der Waals surface area contributed by atoms with Gasteiger partial charge in [0.05, 0.1) is 6.20 Å². The highest BCUT2D eigenvalue weighted by Gasteiger charge is 2.16. The number of H-pyrrole nitrogens is 1. The van der Waals surface area contributed by atoms with E-state index in [9.17, 15) is 4.79 Å². The normalized spacial score (nSPS) is 14.1. The number of nitrogens with two attached hydrogens (primary N) is 1. The van der Waals surface area contributed by atoms with E-state index in [1.165, 1.54) is 5.56 Å². The Labute approximate surface area is 111 Å². The van der Waals surface area contributed by atoms with Gasteiger partial charge in [0.25, 0.3) is 0 Å². The molecular weight excluding hydrogens is 240 g/mol. The van der Waals surface area contributed by atoms with Crippen LogP contribution >= 0.6 is 0 Å². The molecule has 1 aromatic carbocycles. The lowest BCUT2D eigenvalue weighted by Crippen LogP contribution is -2.18. The molecule has 0 aliphatic carbocycles. The van der Waals surface area contributed by atoms with Gasteiger partial charge in [-0.2, -0.15) is 5.10 Å². The molecule has 5 heteroatoms. The smallest absolute Gasteiger partial charge is 0.224 e. The van der Waals surface area contributed by atoms with E-state index >= 15 is 0 Å². The molecule has 2 aromatic rings. The van der Waals surface area contributed by atoms with Crippen LogP contribution in [-0.4, -0.2) is 22.6 Å². The summed E-state index contributed by atoms with van der Waals surface area (Å²) in [6.45, 7) is 0.593. The van der Waals surface area contributed by atoms with Gasteiger partial charge in [0, 0.05) is 29.8 Å². The molecule has 0 saturated carbocycles. The predicted octanol–water partition coefficient (Wildman–Crippen LogP) is 1.46. The minimum Gasteiger partial charge on any atom is -0.330 e. The minimum absolute atomic E-state index is 0.0902. The Balaban J connectivity index is 1.98. The van der Waals surface area contributed by atoms with Crippen molar-refractivity contribution < 1.29 is 4.79 Å². The summed E-state index contributed by atoms with van der Waals surface area (Å²) in [6.07, 6.45) is 3.95.